The number of aliphatic hydroxyl groups excluding tert-OH is 1. The molecule has 1 unspecified atom stereocenters. The van der Waals surface area contributed by atoms with E-state index in [1.807, 2.05) is 0 Å². The van der Waals surface area contributed by atoms with E-state index >= 15 is 0 Å². The van der Waals surface area contributed by atoms with Gasteiger partial charge in [0.1, 0.15) is 18.5 Å². The average molecular weight is 573 g/mol. The largest absolute Gasteiger partial charge is 0.575 e. The van der Waals surface area contributed by atoms with Gasteiger partial charge in [0.25, 0.3) is 0 Å². The first kappa shape index (κ1) is 30.0. The third-order valence-corrected chi connectivity index (χ3v) is 6.13. The van der Waals surface area contributed by atoms with Crippen LogP contribution in [0.15, 0.2) is 46.1 Å². The number of hydrogen-bond acceptors (Lipinski definition) is 11. The third-order valence-electron chi connectivity index (χ3n) is 5.24. The first-order valence-corrected chi connectivity index (χ1v) is 12.5. The number of aliphatic hydroxyl groups is 1. The number of nitrogens with one attached hydrogen (secondary N) is 1. The van der Waals surface area contributed by atoms with Crippen molar-refractivity contribution in [1.29, 1.82) is 0 Å². The zero-order valence-electron chi connectivity index (χ0n) is 20.9. The molecule has 0 aliphatic carbocycles. The van der Waals surface area contributed by atoms with Crippen molar-refractivity contribution in [2.75, 3.05) is 32.6 Å². The summed E-state index contributed by atoms with van der Waals surface area (Å²) >= 11 is 0. The van der Waals surface area contributed by atoms with Crippen LogP contribution in [0.4, 0.5) is 14.6 Å². The number of amides is 1. The molecule has 1 aliphatic rings. The fourth-order valence-electron chi connectivity index (χ4n) is 3.35. The van der Waals surface area contributed by atoms with Crippen LogP contribution in [0.25, 0.3) is 0 Å². The standard InChI is InChI=1S/C22H26F2N5O9P/c1-12(19(32)33)27-39(35)38-14-7-5-4-6-13(14)36-11-15-18(31)22(23,24)20(37-15)29-9-8-16(26-21(29)34)25-17(30)10-28(2)3/h4-9,12,15,18,20,31H,10-11H2,1-3H3,(H,32,33)(H,25,26,30,34)/t12-,15+,18+,20+/m0/s1. The molecule has 0 spiro atoms. The van der Waals surface area contributed by atoms with Gasteiger partial charge in [0, 0.05) is 6.20 Å². The van der Waals surface area contributed by atoms with E-state index in [0.29, 0.717) is 4.57 Å². The van der Waals surface area contributed by atoms with Gasteiger partial charge in [-0.15, -0.1) is 0 Å². The average Bonchev–Trinajstić information content (AvgIpc) is 3.06. The number of hydrogen-bond donors (Lipinski definition) is 3. The maximum Gasteiger partial charge on any atom is 0.395 e. The number of para-hydroxylation sites is 2. The van der Waals surface area contributed by atoms with Gasteiger partial charge < -0.3 is 34.8 Å². The zero-order chi connectivity index (χ0) is 28.9. The fourth-order valence-corrected chi connectivity index (χ4v) is 4.10. The fraction of sp³-hybridized carbons (Fsp3) is 0.455. The minimum Gasteiger partial charge on any atom is -0.575 e. The maximum atomic E-state index is 14.9. The molecular weight excluding hydrogens is 547 g/mol. The lowest BCUT2D eigenvalue weighted by atomic mass is 10.1. The Morgan fingerprint density at radius 2 is 2.00 bits per heavy atom. The summed E-state index contributed by atoms with van der Waals surface area (Å²) in [6.07, 6.45) is -5.28. The van der Waals surface area contributed by atoms with Crippen LogP contribution in [0.3, 0.4) is 0 Å². The van der Waals surface area contributed by atoms with E-state index in [1.165, 1.54) is 31.2 Å². The number of likely N-dealkylation sites (N-methyl/N-ethyl adjacent to an activating group) is 1. The number of alkyl halides is 2. The highest BCUT2D eigenvalue weighted by atomic mass is 31.1. The first-order chi connectivity index (χ1) is 18.3. The maximum absolute atomic E-state index is 14.9. The molecule has 2 aromatic rings. The molecule has 1 amide bonds. The quantitative estimate of drug-likeness (QED) is 0.316. The van der Waals surface area contributed by atoms with Crippen molar-refractivity contribution in [2.24, 2.45) is 4.74 Å². The minimum atomic E-state index is -3.93. The molecule has 1 saturated heterocycles. The van der Waals surface area contributed by atoms with E-state index in [9.17, 15) is 33.2 Å². The second kappa shape index (κ2) is 12.5. The molecular formula is C22H26F2N5O9P. The van der Waals surface area contributed by atoms with Crippen LogP contribution in [-0.4, -0.2) is 88.0 Å². The highest BCUT2D eigenvalue weighted by Crippen LogP contribution is 2.43. The number of halogens is 2. The zero-order valence-corrected chi connectivity index (χ0v) is 21.8. The van der Waals surface area contributed by atoms with E-state index in [2.05, 4.69) is 15.0 Å². The topological polar surface area (TPSA) is 188 Å². The second-order valence-corrected chi connectivity index (χ2v) is 9.54. The van der Waals surface area contributed by atoms with Crippen molar-refractivity contribution >= 4 is 25.9 Å². The van der Waals surface area contributed by atoms with Crippen LogP contribution in [0, 0.1) is 0 Å². The molecule has 2 heterocycles. The number of carboxylic acids is 1. The number of benzene rings is 1. The van der Waals surface area contributed by atoms with Crippen LogP contribution in [-0.2, 0) is 14.3 Å². The number of carbonyl (C=O) groups is 2. The SMILES string of the molecule is C[C@H](N=[P+]([O-])Oc1ccccc1OC[C@H]1O[C@@H](n2ccc(NC(=O)CN(C)C)nc2=O)C(F)(F)[C@@H]1O)C(=O)O. The molecule has 1 aromatic heterocycles. The summed E-state index contributed by atoms with van der Waals surface area (Å²) in [6, 6.07) is 5.51. The van der Waals surface area contributed by atoms with E-state index < -0.39 is 62.7 Å². The van der Waals surface area contributed by atoms with Crippen molar-refractivity contribution in [2.45, 2.75) is 37.3 Å². The molecule has 17 heteroatoms. The molecule has 0 saturated carbocycles. The molecule has 212 valence electrons. The predicted molar refractivity (Wildman–Crippen MR) is 130 cm³/mol. The summed E-state index contributed by atoms with van der Waals surface area (Å²) in [5.41, 5.74) is -1.15. The van der Waals surface area contributed by atoms with Gasteiger partial charge in [-0.05, 0) is 39.2 Å². The third kappa shape index (κ3) is 7.52. The summed E-state index contributed by atoms with van der Waals surface area (Å²) < 4.78 is 49.7. The predicted octanol–water partition coefficient (Wildman–Crippen LogP) is 0.424. The van der Waals surface area contributed by atoms with Gasteiger partial charge in [0.2, 0.25) is 17.9 Å². The Morgan fingerprint density at radius 3 is 2.62 bits per heavy atom. The Labute approximate surface area is 221 Å². The number of nitrogens with zero attached hydrogens (tertiary/aromatic N) is 4. The molecule has 0 radical (unpaired) electrons. The molecule has 1 aliphatic heterocycles. The first-order valence-electron chi connectivity index (χ1n) is 11.3. The molecule has 3 N–H and O–H groups in total. The molecule has 0 bridgehead atoms. The van der Waals surface area contributed by atoms with Crippen molar-refractivity contribution in [3.8, 4) is 11.5 Å². The Kier molecular flexibility index (Phi) is 9.63. The highest BCUT2D eigenvalue weighted by molar-refractivity contribution is 7.34. The van der Waals surface area contributed by atoms with Crippen LogP contribution >= 0.6 is 8.17 Å². The highest BCUT2D eigenvalue weighted by Gasteiger charge is 2.60. The van der Waals surface area contributed by atoms with Gasteiger partial charge in [-0.1, -0.05) is 16.9 Å². The molecule has 39 heavy (non-hydrogen) atoms. The number of rotatable bonds is 11. The minimum absolute atomic E-state index is 0.00331. The Balaban J connectivity index is 1.72. The van der Waals surface area contributed by atoms with Gasteiger partial charge in [0.15, 0.2) is 17.9 Å². The van der Waals surface area contributed by atoms with Crippen molar-refractivity contribution in [1.82, 2.24) is 14.5 Å². The lowest BCUT2D eigenvalue weighted by Gasteiger charge is -2.21. The van der Waals surface area contributed by atoms with Gasteiger partial charge in [-0.25, -0.2) is 9.59 Å². The molecule has 1 fully saturated rings. The number of aromatic nitrogens is 2. The lowest BCUT2D eigenvalue weighted by molar-refractivity contribution is -0.169. The smallest absolute Gasteiger partial charge is 0.395 e. The van der Waals surface area contributed by atoms with Gasteiger partial charge in [-0.3, -0.25) is 13.9 Å². The van der Waals surface area contributed by atoms with Crippen LogP contribution < -0.4 is 25.2 Å². The lowest BCUT2D eigenvalue weighted by Crippen LogP contribution is -2.42. The van der Waals surface area contributed by atoms with Crippen LogP contribution in [0.1, 0.15) is 13.2 Å². The summed E-state index contributed by atoms with van der Waals surface area (Å²) in [6.45, 7) is 0.573. The van der Waals surface area contributed by atoms with E-state index in [0.717, 1.165) is 12.3 Å². The Morgan fingerprint density at radius 1 is 1.33 bits per heavy atom. The van der Waals surface area contributed by atoms with Crippen molar-refractivity contribution < 1.29 is 47.5 Å². The molecule has 1 aromatic carbocycles. The van der Waals surface area contributed by atoms with Gasteiger partial charge in [0.05, 0.1) is 6.54 Å². The summed E-state index contributed by atoms with van der Waals surface area (Å²) in [5, 5.41) is 21.5. The van der Waals surface area contributed by atoms with E-state index in [-0.39, 0.29) is 23.9 Å². The number of anilines is 1. The normalized spacial score (nSPS) is 21.4. The number of ether oxygens (including phenoxy) is 2. The summed E-state index contributed by atoms with van der Waals surface area (Å²) in [4.78, 5) is 52.4. The number of carboxylic acid groups (broad SMARTS) is 1. The van der Waals surface area contributed by atoms with Gasteiger partial charge in [-0.2, -0.15) is 13.8 Å². The van der Waals surface area contributed by atoms with Gasteiger partial charge >= 0.3 is 25.7 Å². The number of aliphatic carboxylic acids is 1. The van der Waals surface area contributed by atoms with Crippen molar-refractivity contribution in [3.63, 3.8) is 0 Å². The molecule has 3 rings (SSSR count). The van der Waals surface area contributed by atoms with Crippen LogP contribution in [0.2, 0.25) is 0 Å². The Hall–Kier alpha value is -3.56. The molecule has 14 nitrogen and oxygen atoms in total. The molecule has 5 atom stereocenters. The van der Waals surface area contributed by atoms with E-state index in [1.54, 1.807) is 19.0 Å². The number of carbonyl (C=O) groups excluding carboxylic acids is 1. The second-order valence-electron chi connectivity index (χ2n) is 8.65. The van der Waals surface area contributed by atoms with E-state index in [4.69, 9.17) is 19.1 Å². The Bertz CT molecular complexity index is 1290. The monoisotopic (exact) mass is 573 g/mol. The van der Waals surface area contributed by atoms with Crippen LogP contribution in [0.5, 0.6) is 11.5 Å². The summed E-state index contributed by atoms with van der Waals surface area (Å²) in [7, 11) is 0.504. The van der Waals surface area contributed by atoms with Crippen molar-refractivity contribution in [3.05, 3.63) is 47.0 Å². The summed E-state index contributed by atoms with van der Waals surface area (Å²) in [5.74, 6) is -6.06.